The molecule has 2 aliphatic rings. The zero-order valence-corrected chi connectivity index (χ0v) is 12.0. The fraction of sp³-hybridized carbons (Fsp3) is 1.00. The SMILES string of the molecule is CCCC1(CNC2CSCC(C)(C)C2)CC1. The maximum atomic E-state index is 3.84. The van der Waals surface area contributed by atoms with Crippen LogP contribution in [0.3, 0.4) is 0 Å². The highest BCUT2D eigenvalue weighted by molar-refractivity contribution is 7.99. The van der Waals surface area contributed by atoms with Gasteiger partial charge in [-0.25, -0.2) is 0 Å². The topological polar surface area (TPSA) is 12.0 Å². The van der Waals surface area contributed by atoms with Gasteiger partial charge in [-0.2, -0.15) is 11.8 Å². The van der Waals surface area contributed by atoms with Gasteiger partial charge in [-0.3, -0.25) is 0 Å². The number of nitrogens with one attached hydrogen (secondary N) is 1. The molecule has 1 unspecified atom stereocenters. The fourth-order valence-corrected chi connectivity index (χ4v) is 4.29. The van der Waals surface area contributed by atoms with Crippen LogP contribution < -0.4 is 5.32 Å². The van der Waals surface area contributed by atoms with E-state index >= 15 is 0 Å². The second-order valence-corrected chi connectivity index (χ2v) is 7.74. The highest BCUT2D eigenvalue weighted by Crippen LogP contribution is 2.49. The normalized spacial score (nSPS) is 31.3. The Kier molecular flexibility index (Phi) is 3.90. The van der Waals surface area contributed by atoms with E-state index in [2.05, 4.69) is 37.8 Å². The van der Waals surface area contributed by atoms with Crippen LogP contribution in [0.4, 0.5) is 0 Å². The number of thioether (sulfide) groups is 1. The van der Waals surface area contributed by atoms with E-state index < -0.39 is 0 Å². The quantitative estimate of drug-likeness (QED) is 0.788. The minimum Gasteiger partial charge on any atom is -0.313 e. The van der Waals surface area contributed by atoms with E-state index in [9.17, 15) is 0 Å². The number of rotatable bonds is 5. The summed E-state index contributed by atoms with van der Waals surface area (Å²) in [4.78, 5) is 0. The Labute approximate surface area is 105 Å². The summed E-state index contributed by atoms with van der Waals surface area (Å²) in [5, 5.41) is 3.84. The smallest absolute Gasteiger partial charge is 0.0163 e. The summed E-state index contributed by atoms with van der Waals surface area (Å²) >= 11 is 2.13. The molecule has 94 valence electrons. The van der Waals surface area contributed by atoms with Crippen LogP contribution in [-0.4, -0.2) is 24.1 Å². The van der Waals surface area contributed by atoms with Crippen LogP contribution in [0, 0.1) is 10.8 Å². The predicted molar refractivity (Wildman–Crippen MR) is 74.1 cm³/mol. The largest absolute Gasteiger partial charge is 0.313 e. The predicted octanol–water partition coefficient (Wildman–Crippen LogP) is 3.69. The lowest BCUT2D eigenvalue weighted by atomic mass is 9.87. The van der Waals surface area contributed by atoms with Crippen molar-refractivity contribution >= 4 is 11.8 Å². The maximum absolute atomic E-state index is 3.84. The molecule has 2 rings (SSSR count). The van der Waals surface area contributed by atoms with Crippen LogP contribution >= 0.6 is 11.8 Å². The summed E-state index contributed by atoms with van der Waals surface area (Å²) in [5.41, 5.74) is 1.25. The van der Waals surface area contributed by atoms with E-state index in [0.29, 0.717) is 10.8 Å². The summed E-state index contributed by atoms with van der Waals surface area (Å²) in [6.07, 6.45) is 7.09. The Hall–Kier alpha value is 0.310. The Morgan fingerprint density at radius 3 is 2.62 bits per heavy atom. The molecule has 0 bridgehead atoms. The monoisotopic (exact) mass is 241 g/mol. The van der Waals surface area contributed by atoms with Gasteiger partial charge in [0.1, 0.15) is 0 Å². The summed E-state index contributed by atoms with van der Waals surface area (Å²) in [7, 11) is 0. The highest BCUT2D eigenvalue weighted by atomic mass is 32.2. The number of hydrogen-bond donors (Lipinski definition) is 1. The first-order valence-corrected chi connectivity index (χ1v) is 8.02. The van der Waals surface area contributed by atoms with Gasteiger partial charge in [-0.1, -0.05) is 27.2 Å². The lowest BCUT2D eigenvalue weighted by molar-refractivity contribution is 0.298. The Morgan fingerprint density at radius 1 is 1.31 bits per heavy atom. The third-order valence-electron chi connectivity index (χ3n) is 4.11. The van der Waals surface area contributed by atoms with E-state index in [1.807, 2.05) is 0 Å². The molecule has 1 heterocycles. The highest BCUT2D eigenvalue weighted by Gasteiger charge is 2.41. The Balaban J connectivity index is 1.73. The van der Waals surface area contributed by atoms with Gasteiger partial charge in [0, 0.05) is 18.3 Å². The zero-order chi connectivity index (χ0) is 11.6. The van der Waals surface area contributed by atoms with Crippen LogP contribution in [0.25, 0.3) is 0 Å². The molecule has 1 nitrogen and oxygen atoms in total. The van der Waals surface area contributed by atoms with Crippen molar-refractivity contribution in [2.45, 2.75) is 58.9 Å². The molecule has 1 atom stereocenters. The molecule has 0 aromatic carbocycles. The Bertz CT molecular complexity index is 233. The third kappa shape index (κ3) is 3.40. The molecule has 0 aromatic heterocycles. The van der Waals surface area contributed by atoms with Crippen LogP contribution in [0.2, 0.25) is 0 Å². The molecule has 1 N–H and O–H groups in total. The average molecular weight is 241 g/mol. The van der Waals surface area contributed by atoms with Crippen molar-refractivity contribution < 1.29 is 0 Å². The average Bonchev–Trinajstić information content (AvgIpc) is 2.95. The summed E-state index contributed by atoms with van der Waals surface area (Å²) in [6.45, 7) is 8.42. The van der Waals surface area contributed by atoms with Crippen molar-refractivity contribution in [1.82, 2.24) is 5.32 Å². The molecule has 1 saturated carbocycles. The Morgan fingerprint density at radius 2 is 2.06 bits per heavy atom. The molecule has 1 aliphatic carbocycles. The molecule has 0 spiro atoms. The number of hydrogen-bond acceptors (Lipinski definition) is 2. The van der Waals surface area contributed by atoms with Gasteiger partial charge < -0.3 is 5.32 Å². The second kappa shape index (κ2) is 4.89. The first-order chi connectivity index (χ1) is 7.55. The van der Waals surface area contributed by atoms with E-state index in [1.54, 1.807) is 0 Å². The van der Waals surface area contributed by atoms with Gasteiger partial charge in [0.25, 0.3) is 0 Å². The maximum Gasteiger partial charge on any atom is 0.0163 e. The van der Waals surface area contributed by atoms with Crippen molar-refractivity contribution in [3.63, 3.8) is 0 Å². The van der Waals surface area contributed by atoms with Gasteiger partial charge in [-0.15, -0.1) is 0 Å². The van der Waals surface area contributed by atoms with Crippen molar-refractivity contribution in [3.05, 3.63) is 0 Å². The van der Waals surface area contributed by atoms with Gasteiger partial charge in [0.2, 0.25) is 0 Å². The third-order valence-corrected chi connectivity index (χ3v) is 5.74. The summed E-state index contributed by atoms with van der Waals surface area (Å²) < 4.78 is 0. The van der Waals surface area contributed by atoms with Crippen molar-refractivity contribution in [3.8, 4) is 0 Å². The van der Waals surface area contributed by atoms with Crippen LogP contribution in [0.1, 0.15) is 52.9 Å². The molecule has 0 radical (unpaired) electrons. The second-order valence-electron chi connectivity index (χ2n) is 6.71. The first kappa shape index (κ1) is 12.8. The van der Waals surface area contributed by atoms with Gasteiger partial charge in [0.05, 0.1) is 0 Å². The molecular weight excluding hydrogens is 214 g/mol. The van der Waals surface area contributed by atoms with Gasteiger partial charge in [0.15, 0.2) is 0 Å². The van der Waals surface area contributed by atoms with Crippen molar-refractivity contribution in [2.75, 3.05) is 18.1 Å². The summed E-state index contributed by atoms with van der Waals surface area (Å²) in [5.74, 6) is 2.66. The lowest BCUT2D eigenvalue weighted by Gasteiger charge is -2.36. The van der Waals surface area contributed by atoms with E-state index in [4.69, 9.17) is 0 Å². The molecular formula is C14H27NS. The minimum absolute atomic E-state index is 0.544. The van der Waals surface area contributed by atoms with Gasteiger partial charge in [-0.05, 0) is 42.3 Å². The standard InChI is InChI=1S/C14H27NS/c1-4-5-14(6-7-14)10-15-12-8-13(2,3)11-16-9-12/h12,15H,4-11H2,1-3H3. The molecule has 2 heteroatoms. The van der Waals surface area contributed by atoms with E-state index in [1.165, 1.54) is 50.2 Å². The lowest BCUT2D eigenvalue weighted by Crippen LogP contribution is -2.42. The van der Waals surface area contributed by atoms with Crippen LogP contribution in [0.5, 0.6) is 0 Å². The molecule has 0 aromatic rings. The van der Waals surface area contributed by atoms with Crippen LogP contribution in [-0.2, 0) is 0 Å². The van der Waals surface area contributed by atoms with Crippen LogP contribution in [0.15, 0.2) is 0 Å². The molecule has 1 aliphatic heterocycles. The molecule has 16 heavy (non-hydrogen) atoms. The molecule has 2 fully saturated rings. The summed E-state index contributed by atoms with van der Waals surface area (Å²) in [6, 6.07) is 0.767. The zero-order valence-electron chi connectivity index (χ0n) is 11.1. The van der Waals surface area contributed by atoms with Crippen molar-refractivity contribution in [2.24, 2.45) is 10.8 Å². The van der Waals surface area contributed by atoms with E-state index in [0.717, 1.165) is 6.04 Å². The van der Waals surface area contributed by atoms with Crippen molar-refractivity contribution in [1.29, 1.82) is 0 Å². The molecule has 1 saturated heterocycles. The molecule has 0 amide bonds. The minimum atomic E-state index is 0.544. The van der Waals surface area contributed by atoms with E-state index in [-0.39, 0.29) is 0 Å². The van der Waals surface area contributed by atoms with Gasteiger partial charge >= 0.3 is 0 Å². The first-order valence-electron chi connectivity index (χ1n) is 6.86. The fourth-order valence-electron chi connectivity index (χ4n) is 2.98.